The van der Waals surface area contributed by atoms with E-state index in [-0.39, 0.29) is 6.54 Å². The highest BCUT2D eigenvalue weighted by atomic mass is 32.2. The summed E-state index contributed by atoms with van der Waals surface area (Å²) in [6.45, 7) is 7.40. The largest absolute Gasteiger partial charge is 0.387 e. The monoisotopic (exact) mass is 324 g/mol. The van der Waals surface area contributed by atoms with E-state index in [1.165, 1.54) is 11.8 Å². The maximum atomic E-state index is 12.0. The number of amides is 2. The van der Waals surface area contributed by atoms with Gasteiger partial charge in [0.05, 0.1) is 5.60 Å². The van der Waals surface area contributed by atoms with Crippen LogP contribution in [0.3, 0.4) is 0 Å². The summed E-state index contributed by atoms with van der Waals surface area (Å²) in [7, 11) is 0. The molecule has 2 amide bonds. The Balaban J connectivity index is 2.68. The second-order valence-electron chi connectivity index (χ2n) is 5.84. The zero-order chi connectivity index (χ0) is 16.9. The first-order chi connectivity index (χ1) is 10.2. The molecule has 0 spiro atoms. The zero-order valence-electron chi connectivity index (χ0n) is 13.7. The molecular formula is C16H24N2O3S. The number of anilines is 1. The van der Waals surface area contributed by atoms with Crippen LogP contribution in [0.25, 0.3) is 0 Å². The van der Waals surface area contributed by atoms with Gasteiger partial charge in [-0.25, -0.2) is 0 Å². The zero-order valence-corrected chi connectivity index (χ0v) is 14.6. The van der Waals surface area contributed by atoms with E-state index in [0.717, 1.165) is 16.7 Å². The van der Waals surface area contributed by atoms with Gasteiger partial charge in [-0.15, -0.1) is 0 Å². The lowest BCUT2D eigenvalue weighted by atomic mass is 10.1. The third kappa shape index (κ3) is 5.35. The molecular weight excluding hydrogens is 300 g/mol. The highest BCUT2D eigenvalue weighted by Crippen LogP contribution is 2.21. The van der Waals surface area contributed by atoms with Crippen LogP contribution in [0.1, 0.15) is 23.6 Å². The molecule has 1 atom stereocenters. The summed E-state index contributed by atoms with van der Waals surface area (Å²) >= 11 is 1.47. The van der Waals surface area contributed by atoms with Gasteiger partial charge in [-0.1, -0.05) is 17.7 Å². The first kappa shape index (κ1) is 18.5. The smallest absolute Gasteiger partial charge is 0.313 e. The summed E-state index contributed by atoms with van der Waals surface area (Å²) in [5, 5.41) is 15.1. The molecule has 1 rings (SSSR count). The van der Waals surface area contributed by atoms with Crippen LogP contribution in [-0.4, -0.2) is 41.1 Å². The second kappa shape index (κ2) is 7.65. The molecule has 0 aromatic heterocycles. The van der Waals surface area contributed by atoms with Crippen LogP contribution in [0.2, 0.25) is 0 Å². The van der Waals surface area contributed by atoms with Gasteiger partial charge in [0.25, 0.3) is 0 Å². The van der Waals surface area contributed by atoms with Gasteiger partial charge in [-0.05, 0) is 45.1 Å². The van der Waals surface area contributed by atoms with Crippen molar-refractivity contribution in [3.63, 3.8) is 0 Å². The fourth-order valence-corrected chi connectivity index (χ4v) is 2.98. The Bertz CT molecular complexity index is 548. The number of hydrogen-bond donors (Lipinski definition) is 3. The van der Waals surface area contributed by atoms with Crippen molar-refractivity contribution < 1.29 is 14.7 Å². The minimum atomic E-state index is -1.04. The molecule has 0 fully saturated rings. The van der Waals surface area contributed by atoms with Crippen molar-refractivity contribution in [1.29, 1.82) is 0 Å². The lowest BCUT2D eigenvalue weighted by Gasteiger charge is -2.22. The Kier molecular flexibility index (Phi) is 6.44. The van der Waals surface area contributed by atoms with E-state index in [1.54, 1.807) is 6.92 Å². The van der Waals surface area contributed by atoms with Gasteiger partial charge in [0.2, 0.25) is 0 Å². The number of aliphatic hydroxyl groups is 1. The number of thioether (sulfide) groups is 1. The average Bonchev–Trinajstić information content (AvgIpc) is 2.39. The third-order valence-electron chi connectivity index (χ3n) is 3.21. The summed E-state index contributed by atoms with van der Waals surface area (Å²) in [4.78, 5) is 23.8. The van der Waals surface area contributed by atoms with Gasteiger partial charge in [0.1, 0.15) is 0 Å². The van der Waals surface area contributed by atoms with Gasteiger partial charge in [0.15, 0.2) is 0 Å². The normalized spacial score (nSPS) is 13.4. The van der Waals surface area contributed by atoms with Crippen LogP contribution in [0.5, 0.6) is 0 Å². The van der Waals surface area contributed by atoms with Crippen LogP contribution in [0, 0.1) is 20.8 Å². The average molecular weight is 324 g/mol. The minimum Gasteiger partial charge on any atom is -0.387 e. The Hall–Kier alpha value is -1.53. The molecule has 122 valence electrons. The van der Waals surface area contributed by atoms with Gasteiger partial charge >= 0.3 is 11.8 Å². The van der Waals surface area contributed by atoms with Crippen molar-refractivity contribution in [1.82, 2.24) is 5.32 Å². The molecule has 0 aliphatic heterocycles. The summed E-state index contributed by atoms with van der Waals surface area (Å²) < 4.78 is 0. The Morgan fingerprint density at radius 3 is 2.23 bits per heavy atom. The molecule has 5 nitrogen and oxygen atoms in total. The number of hydrogen-bond acceptors (Lipinski definition) is 4. The van der Waals surface area contributed by atoms with Gasteiger partial charge in [-0.3, -0.25) is 9.59 Å². The van der Waals surface area contributed by atoms with Crippen LogP contribution in [0.15, 0.2) is 12.1 Å². The number of rotatable bonds is 5. The Labute approximate surface area is 135 Å². The van der Waals surface area contributed by atoms with Crippen LogP contribution in [0.4, 0.5) is 5.69 Å². The predicted molar refractivity (Wildman–Crippen MR) is 91.3 cm³/mol. The van der Waals surface area contributed by atoms with Crippen molar-refractivity contribution in [2.45, 2.75) is 33.3 Å². The summed E-state index contributed by atoms with van der Waals surface area (Å²) in [5.41, 5.74) is 2.54. The number of nitrogens with one attached hydrogen (secondary N) is 2. The van der Waals surface area contributed by atoms with Crippen molar-refractivity contribution in [3.05, 3.63) is 28.8 Å². The topological polar surface area (TPSA) is 78.4 Å². The van der Waals surface area contributed by atoms with Gasteiger partial charge in [-0.2, -0.15) is 11.8 Å². The molecule has 6 heteroatoms. The van der Waals surface area contributed by atoms with Crippen molar-refractivity contribution >= 4 is 29.3 Å². The number of carbonyl (C=O) groups is 2. The molecule has 0 radical (unpaired) electrons. The molecule has 0 saturated heterocycles. The molecule has 1 aromatic rings. The number of benzene rings is 1. The molecule has 0 heterocycles. The van der Waals surface area contributed by atoms with E-state index < -0.39 is 17.4 Å². The van der Waals surface area contributed by atoms with Crippen LogP contribution in [-0.2, 0) is 9.59 Å². The SMILES string of the molecule is CSCC(C)(O)CNC(=O)C(=O)Nc1c(C)cc(C)cc1C. The minimum absolute atomic E-state index is 0.0337. The number of aryl methyl sites for hydroxylation is 3. The Morgan fingerprint density at radius 2 is 1.73 bits per heavy atom. The molecule has 0 aliphatic carbocycles. The highest BCUT2D eigenvalue weighted by Gasteiger charge is 2.23. The first-order valence-corrected chi connectivity index (χ1v) is 8.44. The van der Waals surface area contributed by atoms with E-state index in [2.05, 4.69) is 10.6 Å². The van der Waals surface area contributed by atoms with E-state index in [1.807, 2.05) is 39.2 Å². The van der Waals surface area contributed by atoms with E-state index in [9.17, 15) is 14.7 Å². The molecule has 22 heavy (non-hydrogen) atoms. The standard InChI is InChI=1S/C16H24N2O3S/c1-10-6-11(2)13(12(3)7-10)18-15(20)14(19)17-8-16(4,21)9-22-5/h6-7,21H,8-9H2,1-5H3,(H,17,19)(H,18,20). The molecule has 3 N–H and O–H groups in total. The summed E-state index contributed by atoms with van der Waals surface area (Å²) in [5.74, 6) is -0.999. The highest BCUT2D eigenvalue weighted by molar-refractivity contribution is 7.98. The van der Waals surface area contributed by atoms with Gasteiger partial charge < -0.3 is 15.7 Å². The quantitative estimate of drug-likeness (QED) is 0.722. The second-order valence-corrected chi connectivity index (χ2v) is 6.71. The lowest BCUT2D eigenvalue weighted by Crippen LogP contribution is -2.46. The fourth-order valence-electron chi connectivity index (χ4n) is 2.26. The maximum absolute atomic E-state index is 12.0. The number of carbonyl (C=O) groups excluding carboxylic acids is 2. The third-order valence-corrected chi connectivity index (χ3v) is 4.12. The Morgan fingerprint density at radius 1 is 1.18 bits per heavy atom. The van der Waals surface area contributed by atoms with Crippen molar-refractivity contribution in [3.8, 4) is 0 Å². The fraction of sp³-hybridized carbons (Fsp3) is 0.500. The summed E-state index contributed by atoms with van der Waals surface area (Å²) in [6, 6.07) is 3.90. The molecule has 0 bridgehead atoms. The summed E-state index contributed by atoms with van der Waals surface area (Å²) in [6.07, 6.45) is 1.87. The molecule has 1 unspecified atom stereocenters. The van der Waals surface area contributed by atoms with E-state index in [4.69, 9.17) is 0 Å². The van der Waals surface area contributed by atoms with Crippen LogP contribution >= 0.6 is 11.8 Å². The van der Waals surface area contributed by atoms with Crippen LogP contribution < -0.4 is 10.6 Å². The van der Waals surface area contributed by atoms with Crippen molar-refractivity contribution in [2.75, 3.05) is 23.9 Å². The predicted octanol–water partition coefficient (Wildman–Crippen LogP) is 1.78. The van der Waals surface area contributed by atoms with E-state index in [0.29, 0.717) is 11.4 Å². The molecule has 0 aliphatic rings. The molecule has 1 aromatic carbocycles. The first-order valence-electron chi connectivity index (χ1n) is 7.04. The lowest BCUT2D eigenvalue weighted by molar-refractivity contribution is -0.136. The van der Waals surface area contributed by atoms with Gasteiger partial charge in [0, 0.05) is 18.0 Å². The van der Waals surface area contributed by atoms with Crippen molar-refractivity contribution in [2.24, 2.45) is 0 Å². The molecule has 0 saturated carbocycles. The maximum Gasteiger partial charge on any atom is 0.313 e. The van der Waals surface area contributed by atoms with E-state index >= 15 is 0 Å².